The van der Waals surface area contributed by atoms with E-state index in [1.165, 1.54) is 22.5 Å². The molecule has 4 aromatic rings. The Morgan fingerprint density at radius 3 is 2.66 bits per heavy atom. The molecule has 162 valence electrons. The SMILES string of the molecule is Cc1ccc(-n2c(Cc3ccccc3)nnc2SCc2nc(C(=O)NC3CC3)cs2)cc1. The van der Waals surface area contributed by atoms with Crippen LogP contribution in [0.25, 0.3) is 5.69 Å². The lowest BCUT2D eigenvalue weighted by Crippen LogP contribution is -2.25. The molecule has 0 saturated heterocycles. The highest BCUT2D eigenvalue weighted by Gasteiger charge is 2.25. The quantitative estimate of drug-likeness (QED) is 0.381. The fourth-order valence-electron chi connectivity index (χ4n) is 3.33. The minimum atomic E-state index is -0.0760. The summed E-state index contributed by atoms with van der Waals surface area (Å²) in [7, 11) is 0. The van der Waals surface area contributed by atoms with Gasteiger partial charge < -0.3 is 5.32 Å². The molecular formula is C24H23N5OS2. The molecule has 1 N–H and O–H groups in total. The Balaban J connectivity index is 1.36. The van der Waals surface area contributed by atoms with Gasteiger partial charge in [0, 0.05) is 23.5 Å². The first-order valence-corrected chi connectivity index (χ1v) is 12.5. The van der Waals surface area contributed by atoms with Crippen molar-refractivity contribution in [1.29, 1.82) is 0 Å². The van der Waals surface area contributed by atoms with Crippen molar-refractivity contribution in [2.75, 3.05) is 0 Å². The predicted octanol–water partition coefficient (Wildman–Crippen LogP) is 4.81. The summed E-state index contributed by atoms with van der Waals surface area (Å²) in [6.45, 7) is 2.08. The fraction of sp³-hybridized carbons (Fsp3) is 0.250. The monoisotopic (exact) mass is 461 g/mol. The molecule has 2 aromatic carbocycles. The zero-order valence-corrected chi connectivity index (χ0v) is 19.3. The van der Waals surface area contributed by atoms with Gasteiger partial charge in [-0.05, 0) is 37.5 Å². The third-order valence-electron chi connectivity index (χ3n) is 5.22. The van der Waals surface area contributed by atoms with Crippen LogP contribution in [0.2, 0.25) is 0 Å². The number of carbonyl (C=O) groups excluding carboxylic acids is 1. The van der Waals surface area contributed by atoms with Crippen molar-refractivity contribution in [3.8, 4) is 5.69 Å². The van der Waals surface area contributed by atoms with Crippen LogP contribution in [0.5, 0.6) is 0 Å². The second-order valence-corrected chi connectivity index (χ2v) is 9.78. The van der Waals surface area contributed by atoms with E-state index < -0.39 is 0 Å². The van der Waals surface area contributed by atoms with E-state index >= 15 is 0 Å². The largest absolute Gasteiger partial charge is 0.348 e. The maximum Gasteiger partial charge on any atom is 0.270 e. The lowest BCUT2D eigenvalue weighted by molar-refractivity contribution is 0.0946. The van der Waals surface area contributed by atoms with Crippen LogP contribution in [0, 0.1) is 6.92 Å². The van der Waals surface area contributed by atoms with E-state index in [0.717, 1.165) is 34.5 Å². The summed E-state index contributed by atoms with van der Waals surface area (Å²) >= 11 is 3.09. The van der Waals surface area contributed by atoms with Gasteiger partial charge in [-0.15, -0.1) is 21.5 Å². The van der Waals surface area contributed by atoms with Crippen molar-refractivity contribution in [2.45, 2.75) is 43.1 Å². The Labute approximate surface area is 195 Å². The highest BCUT2D eigenvalue weighted by Crippen LogP contribution is 2.28. The second-order valence-electron chi connectivity index (χ2n) is 7.90. The lowest BCUT2D eigenvalue weighted by Gasteiger charge is -2.10. The van der Waals surface area contributed by atoms with E-state index in [2.05, 4.69) is 68.4 Å². The van der Waals surface area contributed by atoms with E-state index in [0.29, 0.717) is 23.9 Å². The average molecular weight is 462 g/mol. The molecule has 0 atom stereocenters. The number of aryl methyl sites for hydroxylation is 1. The van der Waals surface area contributed by atoms with Gasteiger partial charge >= 0.3 is 0 Å². The molecule has 0 spiro atoms. The summed E-state index contributed by atoms with van der Waals surface area (Å²) in [4.78, 5) is 16.7. The molecule has 0 radical (unpaired) electrons. The van der Waals surface area contributed by atoms with Crippen molar-refractivity contribution in [2.24, 2.45) is 0 Å². The Morgan fingerprint density at radius 2 is 1.91 bits per heavy atom. The Hall–Kier alpha value is -2.97. The number of hydrogen-bond acceptors (Lipinski definition) is 6. The van der Waals surface area contributed by atoms with Gasteiger partial charge in [0.1, 0.15) is 16.5 Å². The molecule has 32 heavy (non-hydrogen) atoms. The van der Waals surface area contributed by atoms with Gasteiger partial charge in [0.05, 0.1) is 5.75 Å². The lowest BCUT2D eigenvalue weighted by atomic mass is 10.1. The van der Waals surface area contributed by atoms with E-state index in [9.17, 15) is 4.79 Å². The van der Waals surface area contributed by atoms with E-state index in [-0.39, 0.29) is 5.91 Å². The van der Waals surface area contributed by atoms with Gasteiger partial charge in [-0.1, -0.05) is 59.8 Å². The molecule has 1 amide bonds. The molecule has 1 aliphatic carbocycles. The molecule has 2 aromatic heterocycles. The van der Waals surface area contributed by atoms with Crippen molar-refractivity contribution in [1.82, 2.24) is 25.1 Å². The van der Waals surface area contributed by atoms with Gasteiger partial charge in [0.15, 0.2) is 5.16 Å². The van der Waals surface area contributed by atoms with Crippen molar-refractivity contribution in [3.63, 3.8) is 0 Å². The molecule has 0 bridgehead atoms. The summed E-state index contributed by atoms with van der Waals surface area (Å²) in [5, 5.41) is 15.5. The van der Waals surface area contributed by atoms with Gasteiger partial charge in [-0.3, -0.25) is 9.36 Å². The Kier molecular flexibility index (Phi) is 6.05. The number of aromatic nitrogens is 4. The third kappa shape index (κ3) is 4.92. The first kappa shape index (κ1) is 20.9. The normalized spacial score (nSPS) is 13.3. The molecule has 6 nitrogen and oxygen atoms in total. The van der Waals surface area contributed by atoms with Crippen molar-refractivity contribution < 1.29 is 4.79 Å². The number of nitrogens with one attached hydrogen (secondary N) is 1. The van der Waals surface area contributed by atoms with E-state index in [1.54, 1.807) is 11.8 Å². The number of rotatable bonds is 8. The Bertz CT molecular complexity index is 1210. The molecule has 1 aliphatic rings. The molecule has 1 fully saturated rings. The van der Waals surface area contributed by atoms with E-state index in [4.69, 9.17) is 0 Å². The van der Waals surface area contributed by atoms with Crippen molar-refractivity contribution in [3.05, 3.63) is 87.6 Å². The molecule has 8 heteroatoms. The second kappa shape index (κ2) is 9.26. The van der Waals surface area contributed by atoms with Gasteiger partial charge in [-0.2, -0.15) is 0 Å². The molecule has 5 rings (SSSR count). The van der Waals surface area contributed by atoms with Crippen LogP contribution in [-0.2, 0) is 12.2 Å². The number of benzene rings is 2. The van der Waals surface area contributed by atoms with E-state index in [1.807, 2.05) is 23.6 Å². The summed E-state index contributed by atoms with van der Waals surface area (Å²) in [6, 6.07) is 19.0. The first-order chi connectivity index (χ1) is 15.7. The highest BCUT2D eigenvalue weighted by molar-refractivity contribution is 7.98. The van der Waals surface area contributed by atoms with Gasteiger partial charge in [-0.25, -0.2) is 4.98 Å². The van der Waals surface area contributed by atoms with Crippen LogP contribution in [0.1, 0.15) is 45.3 Å². The summed E-state index contributed by atoms with van der Waals surface area (Å²) < 4.78 is 2.12. The molecule has 0 unspecified atom stereocenters. The van der Waals surface area contributed by atoms with Gasteiger partial charge in [0.25, 0.3) is 5.91 Å². The van der Waals surface area contributed by atoms with Crippen LogP contribution in [0.3, 0.4) is 0 Å². The first-order valence-electron chi connectivity index (χ1n) is 10.6. The summed E-state index contributed by atoms with van der Waals surface area (Å²) in [5.41, 5.74) is 3.94. The standard InChI is InChI=1S/C24H23N5OS2/c1-16-7-11-19(12-8-16)29-21(13-17-5-3-2-4-6-17)27-28-24(29)32-15-22-26-20(14-31-22)23(30)25-18-9-10-18/h2-8,11-12,14,18H,9-10,13,15H2,1H3,(H,25,30). The van der Waals surface area contributed by atoms with Crippen LogP contribution in [0.15, 0.2) is 65.1 Å². The minimum Gasteiger partial charge on any atom is -0.348 e. The minimum absolute atomic E-state index is 0.0760. The van der Waals surface area contributed by atoms with Crippen LogP contribution >= 0.6 is 23.1 Å². The highest BCUT2D eigenvalue weighted by atomic mass is 32.2. The van der Waals surface area contributed by atoms with Crippen LogP contribution in [-0.4, -0.2) is 31.7 Å². The summed E-state index contributed by atoms with van der Waals surface area (Å²) in [6.07, 6.45) is 2.84. The predicted molar refractivity (Wildman–Crippen MR) is 128 cm³/mol. The number of nitrogens with zero attached hydrogens (tertiary/aromatic N) is 4. The van der Waals surface area contributed by atoms with Crippen molar-refractivity contribution >= 4 is 29.0 Å². The Morgan fingerprint density at radius 1 is 1.12 bits per heavy atom. The zero-order valence-electron chi connectivity index (χ0n) is 17.7. The van der Waals surface area contributed by atoms with Gasteiger partial charge in [0.2, 0.25) is 0 Å². The maximum absolute atomic E-state index is 12.2. The fourth-order valence-corrected chi connectivity index (χ4v) is 5.10. The number of thioether (sulfide) groups is 1. The maximum atomic E-state index is 12.2. The molecular weight excluding hydrogens is 438 g/mol. The smallest absolute Gasteiger partial charge is 0.270 e. The zero-order chi connectivity index (χ0) is 21.9. The number of amides is 1. The molecule has 0 aliphatic heterocycles. The molecule has 2 heterocycles. The molecule has 1 saturated carbocycles. The van der Waals surface area contributed by atoms with Crippen LogP contribution in [0.4, 0.5) is 0 Å². The number of carbonyl (C=O) groups is 1. The number of hydrogen-bond donors (Lipinski definition) is 1. The third-order valence-corrected chi connectivity index (χ3v) is 7.19. The van der Waals surface area contributed by atoms with Crippen LogP contribution < -0.4 is 5.32 Å². The average Bonchev–Trinajstić information content (AvgIpc) is 3.33. The number of thiazole rings is 1. The summed E-state index contributed by atoms with van der Waals surface area (Å²) in [5.74, 6) is 1.45. The topological polar surface area (TPSA) is 72.7 Å².